The van der Waals surface area contributed by atoms with Crippen molar-refractivity contribution in [1.29, 1.82) is 0 Å². The van der Waals surface area contributed by atoms with Crippen molar-refractivity contribution < 1.29 is 9.90 Å². The van der Waals surface area contributed by atoms with E-state index in [4.69, 9.17) is 0 Å². The number of carbonyl (C=O) groups excluding carboxylic acids is 1. The summed E-state index contributed by atoms with van der Waals surface area (Å²) in [5.41, 5.74) is 2.38. The Labute approximate surface area is 197 Å². The van der Waals surface area contributed by atoms with E-state index < -0.39 is 11.5 Å². The van der Waals surface area contributed by atoms with Gasteiger partial charge in [-0.15, -0.1) is 0 Å². The molecule has 1 N–H and O–H groups in total. The van der Waals surface area contributed by atoms with Gasteiger partial charge in [0.15, 0.2) is 5.78 Å². The molecule has 0 saturated heterocycles. The van der Waals surface area contributed by atoms with Crippen molar-refractivity contribution in [1.82, 2.24) is 0 Å². The van der Waals surface area contributed by atoms with Crippen LogP contribution >= 0.6 is 0 Å². The molecule has 2 heteroatoms. The number of carbonyl (C=O) groups is 1. The maximum atomic E-state index is 13.0. The summed E-state index contributed by atoms with van der Waals surface area (Å²) in [6.07, 6.45) is 11.5. The van der Waals surface area contributed by atoms with Crippen LogP contribution in [0.15, 0.2) is 11.6 Å². The molecule has 5 aliphatic carbocycles. The molecule has 0 aromatic rings. The number of aliphatic hydroxyl groups is 1. The fourth-order valence-electron chi connectivity index (χ4n) is 10.8. The third-order valence-electron chi connectivity index (χ3n) is 13.1. The van der Waals surface area contributed by atoms with Crippen LogP contribution in [-0.2, 0) is 4.79 Å². The van der Waals surface area contributed by atoms with Crippen LogP contribution in [0.4, 0.5) is 0 Å². The Morgan fingerprint density at radius 2 is 1.59 bits per heavy atom. The Bertz CT molecular complexity index is 855. The average Bonchev–Trinajstić information content (AvgIpc) is 2.70. The van der Waals surface area contributed by atoms with Gasteiger partial charge < -0.3 is 5.11 Å². The van der Waals surface area contributed by atoms with Crippen molar-refractivity contribution in [3.8, 4) is 0 Å². The van der Waals surface area contributed by atoms with Crippen molar-refractivity contribution in [3.63, 3.8) is 0 Å². The Morgan fingerprint density at radius 1 is 0.906 bits per heavy atom. The Kier molecular flexibility index (Phi) is 4.87. The van der Waals surface area contributed by atoms with Gasteiger partial charge in [-0.1, -0.05) is 67.0 Å². The molecule has 0 heterocycles. The number of ketones is 1. The van der Waals surface area contributed by atoms with E-state index in [2.05, 4.69) is 61.5 Å². The number of hydrogen-bond acceptors (Lipinski definition) is 2. The average molecular weight is 441 g/mol. The molecule has 4 fully saturated rings. The predicted molar refractivity (Wildman–Crippen MR) is 131 cm³/mol. The number of fused-ring (bicyclic) bond motifs is 7. The van der Waals surface area contributed by atoms with Gasteiger partial charge in [0.1, 0.15) is 6.10 Å². The lowest BCUT2D eigenvalue weighted by Crippen LogP contribution is -2.66. The number of rotatable bonds is 0. The van der Waals surface area contributed by atoms with E-state index in [1.165, 1.54) is 32.1 Å². The first kappa shape index (κ1) is 23.1. The van der Waals surface area contributed by atoms with E-state index in [-0.39, 0.29) is 22.0 Å². The van der Waals surface area contributed by atoms with Crippen LogP contribution in [0.5, 0.6) is 0 Å². The SMILES string of the molecule is C[C@H]1[C@H](C)CC[C@]2(C)CC[C@]3(C)C(=CC[C@@H]4[C@@]5(C)C[C@@H](O)C(=O)C(C)(C)[C@@H]5CC[C@]43C)[C@H]12. The lowest BCUT2D eigenvalue weighted by molar-refractivity contribution is -0.198. The van der Waals surface area contributed by atoms with Crippen molar-refractivity contribution >= 4 is 5.78 Å². The van der Waals surface area contributed by atoms with E-state index in [0.29, 0.717) is 23.7 Å². The third-order valence-corrected chi connectivity index (χ3v) is 13.1. The van der Waals surface area contributed by atoms with E-state index >= 15 is 0 Å². The van der Waals surface area contributed by atoms with Crippen LogP contribution in [0.2, 0.25) is 0 Å². The van der Waals surface area contributed by atoms with Gasteiger partial charge in [-0.3, -0.25) is 4.79 Å². The minimum Gasteiger partial charge on any atom is -0.385 e. The highest BCUT2D eigenvalue weighted by Crippen LogP contribution is 2.75. The molecule has 0 aliphatic heterocycles. The molecule has 5 rings (SSSR count). The monoisotopic (exact) mass is 440 g/mol. The van der Waals surface area contributed by atoms with Gasteiger partial charge in [0.25, 0.3) is 0 Å². The highest BCUT2D eigenvalue weighted by molar-refractivity contribution is 5.89. The molecule has 2 nitrogen and oxygen atoms in total. The topological polar surface area (TPSA) is 37.3 Å². The molecule has 0 bridgehead atoms. The van der Waals surface area contributed by atoms with Crippen LogP contribution in [0.25, 0.3) is 0 Å². The Morgan fingerprint density at radius 3 is 2.28 bits per heavy atom. The molecule has 180 valence electrons. The van der Waals surface area contributed by atoms with Gasteiger partial charge in [0.05, 0.1) is 0 Å². The minimum absolute atomic E-state index is 0.0289. The second-order valence-electron chi connectivity index (χ2n) is 14.6. The first-order valence-electron chi connectivity index (χ1n) is 13.7. The molecule has 0 aromatic heterocycles. The smallest absolute Gasteiger partial charge is 0.167 e. The minimum atomic E-state index is -0.791. The van der Waals surface area contributed by atoms with Crippen molar-refractivity contribution in [2.75, 3.05) is 0 Å². The fraction of sp³-hybridized carbons (Fsp3) is 0.900. The van der Waals surface area contributed by atoms with Crippen molar-refractivity contribution in [3.05, 3.63) is 11.6 Å². The summed E-state index contributed by atoms with van der Waals surface area (Å²) in [6.45, 7) is 19.5. The zero-order valence-corrected chi connectivity index (χ0v) is 22.1. The summed E-state index contributed by atoms with van der Waals surface area (Å²) in [5, 5.41) is 10.9. The second kappa shape index (κ2) is 6.73. The number of allylic oxidation sites excluding steroid dienone is 2. The first-order valence-corrected chi connectivity index (χ1v) is 13.7. The van der Waals surface area contributed by atoms with E-state index in [1.54, 1.807) is 5.57 Å². The standard InChI is InChI=1S/C30H48O2/c1-18-11-13-27(5)15-16-29(7)20(24(27)19(18)2)9-10-23-28(6)17-21(31)25(32)26(3,4)22(28)12-14-30(23,29)8/h9,18-19,21-24,31H,10-17H2,1-8H3/t18-,19+,21-,22+,23-,24+,27-,28+,29-,30-/m1/s1. The Balaban J connectivity index is 1.61. The maximum Gasteiger partial charge on any atom is 0.167 e. The van der Waals surface area contributed by atoms with E-state index in [1.807, 2.05) is 0 Å². The van der Waals surface area contributed by atoms with E-state index in [9.17, 15) is 9.90 Å². The third kappa shape index (κ3) is 2.60. The number of hydrogen-bond donors (Lipinski definition) is 1. The molecule has 0 unspecified atom stereocenters. The maximum absolute atomic E-state index is 13.0. The lowest BCUT2D eigenvalue weighted by atomic mass is 9.33. The summed E-state index contributed by atoms with van der Waals surface area (Å²) < 4.78 is 0. The van der Waals surface area contributed by atoms with Crippen molar-refractivity contribution in [2.45, 2.75) is 113 Å². The summed E-state index contributed by atoms with van der Waals surface area (Å²) in [6, 6.07) is 0. The van der Waals surface area contributed by atoms with Crippen LogP contribution in [0, 0.1) is 56.7 Å². The molecule has 4 saturated carbocycles. The molecule has 10 atom stereocenters. The molecule has 5 aliphatic rings. The van der Waals surface area contributed by atoms with Gasteiger partial charge in [-0.25, -0.2) is 0 Å². The van der Waals surface area contributed by atoms with Crippen LogP contribution < -0.4 is 0 Å². The van der Waals surface area contributed by atoms with Crippen molar-refractivity contribution in [2.24, 2.45) is 56.7 Å². The quantitative estimate of drug-likeness (QED) is 0.404. The zero-order valence-electron chi connectivity index (χ0n) is 22.1. The highest BCUT2D eigenvalue weighted by Gasteiger charge is 2.69. The molecular weight excluding hydrogens is 392 g/mol. The molecule has 0 radical (unpaired) electrons. The van der Waals surface area contributed by atoms with Crippen LogP contribution in [0.3, 0.4) is 0 Å². The lowest BCUT2D eigenvalue weighted by Gasteiger charge is -2.71. The second-order valence-corrected chi connectivity index (χ2v) is 14.6. The summed E-state index contributed by atoms with van der Waals surface area (Å²) in [5.74, 6) is 3.31. The fourth-order valence-corrected chi connectivity index (χ4v) is 10.8. The largest absolute Gasteiger partial charge is 0.385 e. The van der Waals surface area contributed by atoms with Gasteiger partial charge in [0, 0.05) is 5.41 Å². The van der Waals surface area contributed by atoms with Crippen LogP contribution in [0.1, 0.15) is 107 Å². The molecule has 0 spiro atoms. The van der Waals surface area contributed by atoms with Gasteiger partial charge in [-0.2, -0.15) is 0 Å². The molecule has 0 amide bonds. The summed E-state index contributed by atoms with van der Waals surface area (Å²) in [7, 11) is 0. The molecule has 0 aromatic carbocycles. The summed E-state index contributed by atoms with van der Waals surface area (Å²) in [4.78, 5) is 13.0. The van der Waals surface area contributed by atoms with Gasteiger partial charge in [-0.05, 0) is 103 Å². The summed E-state index contributed by atoms with van der Waals surface area (Å²) >= 11 is 0. The molecular formula is C30H48O2. The number of aliphatic hydroxyl groups excluding tert-OH is 1. The first-order chi connectivity index (χ1) is 14.7. The number of Topliss-reactive ketones (excluding diaryl/α,β-unsaturated/α-hetero) is 1. The Hall–Kier alpha value is -0.630. The van der Waals surface area contributed by atoms with E-state index in [0.717, 1.165) is 30.6 Å². The van der Waals surface area contributed by atoms with Gasteiger partial charge in [0.2, 0.25) is 0 Å². The normalized spacial score (nSPS) is 56.9. The van der Waals surface area contributed by atoms with Crippen LogP contribution in [-0.4, -0.2) is 17.0 Å². The predicted octanol–water partition coefficient (Wildman–Crippen LogP) is 7.20. The molecule has 32 heavy (non-hydrogen) atoms. The highest BCUT2D eigenvalue weighted by atomic mass is 16.3. The van der Waals surface area contributed by atoms with Gasteiger partial charge >= 0.3 is 0 Å². The zero-order chi connectivity index (χ0) is 23.5.